The fraction of sp³-hybridized carbons (Fsp3) is 0.381. The number of nitrogens with one attached hydrogen (secondary N) is 1. The van der Waals surface area contributed by atoms with Gasteiger partial charge in [0, 0.05) is 36.3 Å². The average molecular weight is 390 g/mol. The molecule has 5 nitrogen and oxygen atoms in total. The van der Waals surface area contributed by atoms with E-state index in [9.17, 15) is 18.4 Å². The van der Waals surface area contributed by atoms with Gasteiger partial charge in [-0.15, -0.1) is 0 Å². The number of aromatic nitrogens is 1. The van der Waals surface area contributed by atoms with Gasteiger partial charge in [-0.2, -0.15) is 0 Å². The fourth-order valence-corrected chi connectivity index (χ4v) is 2.52. The summed E-state index contributed by atoms with van der Waals surface area (Å²) >= 11 is 0. The van der Waals surface area contributed by atoms with Crippen LogP contribution in [0.4, 0.5) is 8.78 Å². The number of hydrogen-bond acceptors (Lipinski definition) is 4. The lowest BCUT2D eigenvalue weighted by Gasteiger charge is -2.11. The zero-order valence-corrected chi connectivity index (χ0v) is 16.2. The molecule has 28 heavy (non-hydrogen) atoms. The van der Waals surface area contributed by atoms with Crippen molar-refractivity contribution in [2.24, 2.45) is 5.92 Å². The van der Waals surface area contributed by atoms with Gasteiger partial charge in [0.15, 0.2) is 0 Å². The number of nitrogens with zero attached hydrogens (tertiary/aromatic N) is 1. The summed E-state index contributed by atoms with van der Waals surface area (Å²) in [6.45, 7) is 5.03. The maximum absolute atomic E-state index is 12.4. The Bertz CT molecular complexity index is 838. The summed E-state index contributed by atoms with van der Waals surface area (Å²) in [6, 6.07) is 8.31. The number of alkyl halides is 2. The van der Waals surface area contributed by atoms with E-state index in [4.69, 9.17) is 4.74 Å². The SMILES string of the molecule is Cc1cc(CNC(=O)c2ccnc(CC(=O)C(C)C)c2)ccc1OCC(F)F. The summed E-state index contributed by atoms with van der Waals surface area (Å²) in [5.41, 5.74) is 2.52. The molecule has 0 bridgehead atoms. The molecule has 0 unspecified atom stereocenters. The minimum Gasteiger partial charge on any atom is -0.487 e. The maximum atomic E-state index is 12.4. The van der Waals surface area contributed by atoms with Gasteiger partial charge in [0.1, 0.15) is 18.1 Å². The second-order valence-electron chi connectivity index (χ2n) is 6.82. The van der Waals surface area contributed by atoms with Gasteiger partial charge in [-0.25, -0.2) is 8.78 Å². The molecule has 0 aliphatic carbocycles. The normalized spacial score (nSPS) is 11.0. The summed E-state index contributed by atoms with van der Waals surface area (Å²) in [5.74, 6) is 0.0881. The number of amides is 1. The lowest BCUT2D eigenvalue weighted by atomic mass is 10.0. The third-order valence-electron chi connectivity index (χ3n) is 4.14. The number of hydrogen-bond donors (Lipinski definition) is 1. The molecular weight excluding hydrogens is 366 g/mol. The van der Waals surface area contributed by atoms with E-state index in [0.717, 1.165) is 5.56 Å². The van der Waals surface area contributed by atoms with Crippen molar-refractivity contribution in [3.05, 3.63) is 58.9 Å². The second-order valence-corrected chi connectivity index (χ2v) is 6.82. The Morgan fingerprint density at radius 1 is 1.18 bits per heavy atom. The number of carbonyl (C=O) groups excluding carboxylic acids is 2. The molecule has 1 amide bonds. The second kappa shape index (κ2) is 9.92. The third kappa shape index (κ3) is 6.40. The quantitative estimate of drug-likeness (QED) is 0.708. The van der Waals surface area contributed by atoms with Gasteiger partial charge in [0.05, 0.1) is 0 Å². The Morgan fingerprint density at radius 2 is 1.93 bits per heavy atom. The molecule has 0 aliphatic heterocycles. The van der Waals surface area contributed by atoms with E-state index in [2.05, 4.69) is 10.3 Å². The summed E-state index contributed by atoms with van der Waals surface area (Å²) < 4.78 is 29.5. The van der Waals surface area contributed by atoms with Crippen molar-refractivity contribution >= 4 is 11.7 Å². The first-order valence-electron chi connectivity index (χ1n) is 9.02. The molecule has 1 aromatic heterocycles. The zero-order valence-electron chi connectivity index (χ0n) is 16.2. The van der Waals surface area contributed by atoms with Crippen LogP contribution in [0.2, 0.25) is 0 Å². The number of ketones is 1. The van der Waals surface area contributed by atoms with Crippen LogP contribution < -0.4 is 10.1 Å². The molecule has 0 aliphatic rings. The molecule has 0 spiro atoms. The van der Waals surface area contributed by atoms with Gasteiger partial charge >= 0.3 is 0 Å². The van der Waals surface area contributed by atoms with Crippen LogP contribution in [0.1, 0.15) is 41.0 Å². The molecule has 2 rings (SSSR count). The molecule has 150 valence electrons. The van der Waals surface area contributed by atoms with Crippen molar-refractivity contribution in [3.63, 3.8) is 0 Å². The Hall–Kier alpha value is -2.83. The summed E-state index contributed by atoms with van der Waals surface area (Å²) in [6.07, 6.45) is -0.825. The van der Waals surface area contributed by atoms with Gasteiger partial charge in [0.25, 0.3) is 12.3 Å². The molecule has 0 fully saturated rings. The van der Waals surface area contributed by atoms with Crippen LogP contribution in [0.25, 0.3) is 0 Å². The highest BCUT2D eigenvalue weighted by atomic mass is 19.3. The van der Waals surface area contributed by atoms with Crippen molar-refractivity contribution in [1.29, 1.82) is 0 Å². The molecule has 1 heterocycles. The van der Waals surface area contributed by atoms with Crippen LogP contribution in [-0.2, 0) is 17.8 Å². The number of pyridine rings is 1. The number of ether oxygens (including phenoxy) is 1. The van der Waals surface area contributed by atoms with E-state index in [0.29, 0.717) is 22.6 Å². The topological polar surface area (TPSA) is 68.3 Å². The average Bonchev–Trinajstić information content (AvgIpc) is 2.65. The molecule has 2 aromatic rings. The Kier molecular flexibility index (Phi) is 7.61. The van der Waals surface area contributed by atoms with E-state index in [1.807, 2.05) is 13.8 Å². The van der Waals surface area contributed by atoms with E-state index >= 15 is 0 Å². The predicted molar refractivity (Wildman–Crippen MR) is 102 cm³/mol. The number of aryl methyl sites for hydroxylation is 1. The van der Waals surface area contributed by atoms with Gasteiger partial charge in [-0.1, -0.05) is 26.0 Å². The van der Waals surface area contributed by atoms with E-state index in [1.54, 1.807) is 37.3 Å². The molecule has 0 radical (unpaired) electrons. The number of Topliss-reactive ketones (excluding diaryl/α,β-unsaturated/α-hetero) is 1. The number of carbonyl (C=O) groups is 2. The highest BCUT2D eigenvalue weighted by Gasteiger charge is 2.12. The van der Waals surface area contributed by atoms with E-state index in [-0.39, 0.29) is 30.6 Å². The van der Waals surface area contributed by atoms with Crippen molar-refractivity contribution in [3.8, 4) is 5.75 Å². The Morgan fingerprint density at radius 3 is 2.57 bits per heavy atom. The summed E-state index contributed by atoms with van der Waals surface area (Å²) in [7, 11) is 0. The van der Waals surface area contributed by atoms with Crippen molar-refractivity contribution < 1.29 is 23.1 Å². The molecule has 0 atom stereocenters. The van der Waals surface area contributed by atoms with Crippen LogP contribution in [0.3, 0.4) is 0 Å². The largest absolute Gasteiger partial charge is 0.487 e. The Labute approximate surface area is 163 Å². The minimum absolute atomic E-state index is 0.0645. The van der Waals surface area contributed by atoms with Crippen LogP contribution in [0.15, 0.2) is 36.5 Å². The lowest BCUT2D eigenvalue weighted by Crippen LogP contribution is -2.23. The van der Waals surface area contributed by atoms with E-state index < -0.39 is 13.0 Å². The summed E-state index contributed by atoms with van der Waals surface area (Å²) in [5, 5.41) is 2.80. The number of rotatable bonds is 9. The lowest BCUT2D eigenvalue weighted by molar-refractivity contribution is -0.121. The van der Waals surface area contributed by atoms with Gasteiger partial charge in [0.2, 0.25) is 0 Å². The third-order valence-corrected chi connectivity index (χ3v) is 4.14. The standard InChI is InChI=1S/C21H24F2N2O3/c1-13(2)18(26)10-17-9-16(6-7-24-17)21(27)25-11-15-4-5-19(14(3)8-15)28-12-20(22)23/h4-9,13,20H,10-12H2,1-3H3,(H,25,27). The highest BCUT2D eigenvalue weighted by Crippen LogP contribution is 2.20. The highest BCUT2D eigenvalue weighted by molar-refractivity contribution is 5.94. The molecular formula is C21H24F2N2O3. The van der Waals surface area contributed by atoms with Crippen LogP contribution >= 0.6 is 0 Å². The molecule has 0 saturated carbocycles. The minimum atomic E-state index is -2.53. The van der Waals surface area contributed by atoms with Crippen molar-refractivity contribution in [2.45, 2.75) is 40.2 Å². The fourth-order valence-electron chi connectivity index (χ4n) is 2.52. The van der Waals surface area contributed by atoms with Gasteiger partial charge < -0.3 is 10.1 Å². The first-order chi connectivity index (χ1) is 13.3. The van der Waals surface area contributed by atoms with Gasteiger partial charge in [-0.05, 0) is 36.2 Å². The predicted octanol–water partition coefficient (Wildman–Crippen LogP) is 3.73. The van der Waals surface area contributed by atoms with Crippen molar-refractivity contribution in [2.75, 3.05) is 6.61 Å². The number of halogens is 2. The molecule has 0 saturated heterocycles. The molecule has 1 aromatic carbocycles. The smallest absolute Gasteiger partial charge is 0.272 e. The number of benzene rings is 1. The van der Waals surface area contributed by atoms with Crippen LogP contribution in [0, 0.1) is 12.8 Å². The first-order valence-corrected chi connectivity index (χ1v) is 9.02. The van der Waals surface area contributed by atoms with Gasteiger partial charge in [-0.3, -0.25) is 14.6 Å². The monoisotopic (exact) mass is 390 g/mol. The van der Waals surface area contributed by atoms with E-state index in [1.165, 1.54) is 6.20 Å². The first kappa shape index (κ1) is 21.5. The maximum Gasteiger partial charge on any atom is 0.272 e. The van der Waals surface area contributed by atoms with Crippen molar-refractivity contribution in [1.82, 2.24) is 10.3 Å². The summed E-state index contributed by atoms with van der Waals surface area (Å²) in [4.78, 5) is 28.4. The zero-order chi connectivity index (χ0) is 20.7. The molecule has 7 heteroatoms. The molecule has 1 N–H and O–H groups in total. The Balaban J connectivity index is 1.96. The van der Waals surface area contributed by atoms with Crippen LogP contribution in [-0.4, -0.2) is 29.7 Å². The van der Waals surface area contributed by atoms with Crippen LogP contribution in [0.5, 0.6) is 5.75 Å².